The van der Waals surface area contributed by atoms with Crippen LogP contribution in [0, 0.1) is 11.8 Å². The summed E-state index contributed by atoms with van der Waals surface area (Å²) >= 11 is 0. The second kappa shape index (κ2) is 11.3. The fourth-order valence-electron chi connectivity index (χ4n) is 1.43. The smallest absolute Gasteiger partial charge is 0.330 e. The van der Waals surface area contributed by atoms with Gasteiger partial charge in [0.25, 0.3) is 0 Å². The molecule has 0 bridgehead atoms. The van der Waals surface area contributed by atoms with Gasteiger partial charge in [-0.15, -0.1) is 0 Å². The largest absolute Gasteiger partial charge is 0.478 e. The molecule has 0 aromatic heterocycles. The summed E-state index contributed by atoms with van der Waals surface area (Å²) in [4.78, 5) is 19.2. The zero-order chi connectivity index (χ0) is 16.3. The van der Waals surface area contributed by atoms with Crippen LogP contribution < -0.4 is 0 Å². The molecule has 0 radical (unpaired) electrons. The first-order valence-corrected chi connectivity index (χ1v) is 6.85. The number of hydrogen-bond donors (Lipinski definition) is 2. The lowest BCUT2D eigenvalue weighted by molar-refractivity contribution is -0.133. The van der Waals surface area contributed by atoms with Gasteiger partial charge in [0, 0.05) is 11.1 Å². The molecule has 1 rings (SSSR count). The van der Waals surface area contributed by atoms with E-state index in [9.17, 15) is 9.59 Å². The average Bonchev–Trinajstić information content (AvgIpc) is 2.34. The van der Waals surface area contributed by atoms with E-state index in [1.165, 1.54) is 39.5 Å². The van der Waals surface area contributed by atoms with Gasteiger partial charge in [-0.1, -0.05) is 52.7 Å². The monoisotopic (exact) mass is 284 g/mol. The van der Waals surface area contributed by atoms with Gasteiger partial charge < -0.3 is 10.2 Å². The lowest BCUT2D eigenvalue weighted by Crippen LogP contribution is -2.08. The van der Waals surface area contributed by atoms with Gasteiger partial charge in [0.2, 0.25) is 0 Å². The quantitative estimate of drug-likeness (QED) is 0.748. The molecule has 4 nitrogen and oxygen atoms in total. The summed E-state index contributed by atoms with van der Waals surface area (Å²) in [5, 5.41) is 15.8. The maximum absolute atomic E-state index is 9.60. The highest BCUT2D eigenvalue weighted by Gasteiger charge is 2.13. The van der Waals surface area contributed by atoms with Crippen LogP contribution in [-0.2, 0) is 9.59 Å². The third-order valence-electron chi connectivity index (χ3n) is 3.03. The van der Waals surface area contributed by atoms with Crippen molar-refractivity contribution < 1.29 is 19.8 Å². The Hall–Kier alpha value is -1.58. The summed E-state index contributed by atoms with van der Waals surface area (Å²) < 4.78 is 0. The van der Waals surface area contributed by atoms with Crippen molar-refractivity contribution in [2.75, 3.05) is 0 Å². The summed E-state index contributed by atoms with van der Waals surface area (Å²) in [7, 11) is 0. The summed E-state index contributed by atoms with van der Waals surface area (Å²) in [6.07, 6.45) is 5.89. The molecule has 0 aliphatic heterocycles. The Bertz CT molecular complexity index is 278. The van der Waals surface area contributed by atoms with Crippen LogP contribution in [0.3, 0.4) is 0 Å². The van der Waals surface area contributed by atoms with E-state index in [2.05, 4.69) is 27.0 Å². The molecule has 0 amide bonds. The lowest BCUT2D eigenvalue weighted by atomic mass is 9.84. The van der Waals surface area contributed by atoms with Gasteiger partial charge in [0.1, 0.15) is 0 Å². The average molecular weight is 284 g/mol. The second-order valence-corrected chi connectivity index (χ2v) is 5.54. The van der Waals surface area contributed by atoms with Crippen LogP contribution in [0.25, 0.3) is 0 Å². The minimum atomic E-state index is -0.935. The number of carboxylic acids is 2. The van der Waals surface area contributed by atoms with E-state index < -0.39 is 11.9 Å². The van der Waals surface area contributed by atoms with Crippen LogP contribution in [0.5, 0.6) is 0 Å². The molecule has 20 heavy (non-hydrogen) atoms. The number of carbonyl (C=O) groups is 2. The van der Waals surface area contributed by atoms with Crippen LogP contribution in [0.4, 0.5) is 0 Å². The predicted octanol–water partition coefficient (Wildman–Crippen LogP) is 4.13. The van der Waals surface area contributed by atoms with Crippen molar-refractivity contribution in [3.05, 3.63) is 24.3 Å². The molecule has 4 heteroatoms. The minimum absolute atomic E-state index is 0.176. The Labute approximate surface area is 122 Å². The molecular formula is C16H28O4. The van der Waals surface area contributed by atoms with E-state index in [-0.39, 0.29) is 11.1 Å². The minimum Gasteiger partial charge on any atom is -0.478 e. The maximum Gasteiger partial charge on any atom is 0.330 e. The maximum atomic E-state index is 9.60. The molecule has 0 aromatic rings. The zero-order valence-corrected chi connectivity index (χ0v) is 13.1. The molecule has 0 spiro atoms. The van der Waals surface area contributed by atoms with Crippen molar-refractivity contribution in [2.24, 2.45) is 11.8 Å². The van der Waals surface area contributed by atoms with Gasteiger partial charge >= 0.3 is 11.9 Å². The van der Waals surface area contributed by atoms with E-state index in [1.54, 1.807) is 0 Å². The Morgan fingerprint density at radius 1 is 0.800 bits per heavy atom. The van der Waals surface area contributed by atoms with E-state index in [0.717, 1.165) is 11.8 Å². The summed E-state index contributed by atoms with van der Waals surface area (Å²) in [6.45, 7) is 13.9. The lowest BCUT2D eigenvalue weighted by Gasteiger charge is -2.22. The van der Waals surface area contributed by atoms with Crippen molar-refractivity contribution in [2.45, 2.75) is 53.4 Å². The summed E-state index contributed by atoms with van der Waals surface area (Å²) in [5.74, 6) is 0.169. The Morgan fingerprint density at radius 3 is 1.05 bits per heavy atom. The molecule has 1 saturated carbocycles. The third-order valence-corrected chi connectivity index (χ3v) is 3.03. The van der Waals surface area contributed by atoms with E-state index in [1.807, 2.05) is 0 Å². The van der Waals surface area contributed by atoms with Gasteiger partial charge in [-0.25, -0.2) is 9.59 Å². The molecule has 116 valence electrons. The van der Waals surface area contributed by atoms with Crippen LogP contribution in [-0.4, -0.2) is 22.2 Å². The number of aliphatic carboxylic acids is 2. The normalized spacial score (nSPS) is 20.4. The molecule has 0 atom stereocenters. The van der Waals surface area contributed by atoms with Gasteiger partial charge in [-0.05, 0) is 25.7 Å². The molecule has 0 unspecified atom stereocenters. The highest BCUT2D eigenvalue weighted by Crippen LogP contribution is 2.27. The van der Waals surface area contributed by atoms with Gasteiger partial charge in [-0.3, -0.25) is 0 Å². The highest BCUT2D eigenvalue weighted by molar-refractivity contribution is 5.85. The summed E-state index contributed by atoms with van der Waals surface area (Å²) in [5.41, 5.74) is 0.352. The van der Waals surface area contributed by atoms with Crippen LogP contribution in [0.1, 0.15) is 53.4 Å². The molecule has 1 fully saturated rings. The molecule has 1 aliphatic carbocycles. The zero-order valence-electron chi connectivity index (χ0n) is 13.1. The summed E-state index contributed by atoms with van der Waals surface area (Å²) in [6, 6.07) is 0. The van der Waals surface area contributed by atoms with Crippen LogP contribution in [0.2, 0.25) is 0 Å². The Morgan fingerprint density at radius 2 is 0.950 bits per heavy atom. The molecule has 0 heterocycles. The van der Waals surface area contributed by atoms with E-state index >= 15 is 0 Å². The molecule has 2 N–H and O–H groups in total. The molecule has 0 aromatic carbocycles. The van der Waals surface area contributed by atoms with Crippen molar-refractivity contribution in [1.82, 2.24) is 0 Å². The Balaban J connectivity index is 0. The molecular weight excluding hydrogens is 256 g/mol. The van der Waals surface area contributed by atoms with Gasteiger partial charge in [-0.2, -0.15) is 0 Å². The van der Waals surface area contributed by atoms with Crippen molar-refractivity contribution in [3.8, 4) is 0 Å². The predicted molar refractivity (Wildman–Crippen MR) is 81.7 cm³/mol. The van der Waals surface area contributed by atoms with Crippen molar-refractivity contribution >= 4 is 11.9 Å². The van der Waals surface area contributed by atoms with Crippen LogP contribution in [0.15, 0.2) is 24.3 Å². The fraction of sp³-hybridized carbons (Fsp3) is 0.625. The highest BCUT2D eigenvalue weighted by atomic mass is 16.4. The molecule has 1 aliphatic rings. The first-order chi connectivity index (χ1) is 9.07. The van der Waals surface area contributed by atoms with Gasteiger partial charge in [0.15, 0.2) is 0 Å². The second-order valence-electron chi connectivity index (χ2n) is 5.54. The third kappa shape index (κ3) is 14.5. The van der Waals surface area contributed by atoms with E-state index in [0.29, 0.717) is 0 Å². The molecule has 0 saturated heterocycles. The number of carboxylic acid groups (broad SMARTS) is 2. The Kier molecular flexibility index (Phi) is 11.7. The first kappa shape index (κ1) is 20.7. The SMILES string of the molecule is C=C(C)C(=O)O.C=C(C)C(=O)O.CC1CCC(C)CC1. The van der Waals surface area contributed by atoms with Crippen LogP contribution >= 0.6 is 0 Å². The standard InChI is InChI=1S/C8H16.2C4H6O2/c1-7-3-5-8(2)6-4-7;2*1-3(2)4(5)6/h7-8H,3-6H2,1-2H3;2*1H2,2H3,(H,5,6). The van der Waals surface area contributed by atoms with Gasteiger partial charge in [0.05, 0.1) is 0 Å². The number of rotatable bonds is 2. The van der Waals surface area contributed by atoms with E-state index in [4.69, 9.17) is 10.2 Å². The van der Waals surface area contributed by atoms with Crippen molar-refractivity contribution in [1.29, 1.82) is 0 Å². The number of hydrogen-bond acceptors (Lipinski definition) is 2. The first-order valence-electron chi connectivity index (χ1n) is 6.85. The fourth-order valence-corrected chi connectivity index (χ4v) is 1.43. The van der Waals surface area contributed by atoms with Crippen molar-refractivity contribution in [3.63, 3.8) is 0 Å². The topological polar surface area (TPSA) is 74.6 Å².